The van der Waals surface area contributed by atoms with Crippen LogP contribution in [0.25, 0.3) is 10.8 Å². The summed E-state index contributed by atoms with van der Waals surface area (Å²) in [4.78, 5) is 29.2. The van der Waals surface area contributed by atoms with E-state index in [9.17, 15) is 18.0 Å². The van der Waals surface area contributed by atoms with Gasteiger partial charge in [0.25, 0.3) is 0 Å². The lowest BCUT2D eigenvalue weighted by Crippen LogP contribution is -2.53. The van der Waals surface area contributed by atoms with Crippen molar-refractivity contribution in [3.8, 4) is 11.5 Å². The Bertz CT molecular complexity index is 1650. The zero-order valence-corrected chi connectivity index (χ0v) is 25.8. The number of nitrogens with two attached hydrogens (primary N) is 1. The Labute approximate surface area is 257 Å². The maximum Gasteiger partial charge on any atom is 0.241 e. The number of rotatable bonds is 11. The van der Waals surface area contributed by atoms with Crippen LogP contribution in [-0.2, 0) is 26.0 Å². The van der Waals surface area contributed by atoms with Crippen LogP contribution < -0.4 is 25.2 Å². The molecule has 44 heavy (non-hydrogen) atoms. The first kappa shape index (κ1) is 31.4. The summed E-state index contributed by atoms with van der Waals surface area (Å²) in [7, 11) is -1.03. The number of benzene rings is 3. The number of fused-ring (bicyclic) bond motifs is 1. The van der Waals surface area contributed by atoms with E-state index in [4.69, 9.17) is 20.6 Å². The maximum atomic E-state index is 13.9. The van der Waals surface area contributed by atoms with Crippen molar-refractivity contribution in [3.05, 3.63) is 65.7 Å². The van der Waals surface area contributed by atoms with Crippen molar-refractivity contribution < 1.29 is 27.5 Å². The highest BCUT2D eigenvalue weighted by molar-refractivity contribution is 7.89. The number of nitrogens with zero attached hydrogens (tertiary/aromatic N) is 1. The molecule has 2 heterocycles. The van der Waals surface area contributed by atoms with Crippen molar-refractivity contribution in [1.82, 2.24) is 14.9 Å². The number of methoxy groups -OCH3 is 2. The molecule has 2 saturated heterocycles. The molecule has 234 valence electrons. The second-order valence-corrected chi connectivity index (χ2v) is 13.0. The number of amides is 1. The minimum absolute atomic E-state index is 0.0179. The number of nitrogens with one attached hydrogen (secondary N) is 3. The molecule has 1 amide bonds. The third kappa shape index (κ3) is 6.72. The van der Waals surface area contributed by atoms with E-state index in [0.29, 0.717) is 28.9 Å². The third-order valence-corrected chi connectivity index (χ3v) is 9.93. The van der Waals surface area contributed by atoms with E-state index in [1.54, 1.807) is 30.3 Å². The van der Waals surface area contributed by atoms with Gasteiger partial charge in [0.05, 0.1) is 31.2 Å². The summed E-state index contributed by atoms with van der Waals surface area (Å²) >= 11 is 0. The van der Waals surface area contributed by atoms with Gasteiger partial charge in [0, 0.05) is 18.5 Å². The highest BCUT2D eigenvalue weighted by Gasteiger charge is 2.42. The standard InChI is InChI=1S/C32H39N5O6S/c1-42-28-18-22-11-12-24(17-23(22)19-29(28)43-2)44(40,41)36-26-13-15-37(32(26)39)27(30(38)25-6-4-3-5-14-35-25)16-20-7-9-21(10-8-20)31(33)34/h7-12,17-19,25-27,35-36H,3-6,13-16H2,1-2H3,(H3,33,34). The molecule has 0 aliphatic carbocycles. The van der Waals surface area contributed by atoms with Crippen molar-refractivity contribution in [2.75, 3.05) is 27.3 Å². The Morgan fingerprint density at radius 1 is 1.02 bits per heavy atom. The Morgan fingerprint density at radius 3 is 2.41 bits per heavy atom. The summed E-state index contributed by atoms with van der Waals surface area (Å²) in [5.41, 5.74) is 7.00. The molecule has 0 radical (unpaired) electrons. The molecule has 0 aromatic heterocycles. The van der Waals surface area contributed by atoms with E-state index in [-0.39, 0.29) is 41.9 Å². The van der Waals surface area contributed by atoms with Crippen molar-refractivity contribution >= 4 is 38.3 Å². The van der Waals surface area contributed by atoms with E-state index in [1.165, 1.54) is 31.3 Å². The van der Waals surface area contributed by atoms with Crippen LogP contribution in [0.5, 0.6) is 11.5 Å². The molecule has 3 atom stereocenters. The normalized spacial score (nSPS) is 19.9. The first-order valence-electron chi connectivity index (χ1n) is 14.8. The number of Topliss-reactive ketones (excluding diaryl/α,β-unsaturated/α-hetero) is 1. The van der Waals surface area contributed by atoms with Gasteiger partial charge in [-0.3, -0.25) is 15.0 Å². The van der Waals surface area contributed by atoms with Gasteiger partial charge < -0.3 is 25.4 Å². The van der Waals surface area contributed by atoms with Crippen molar-refractivity contribution in [2.45, 2.75) is 61.5 Å². The Hall–Kier alpha value is -4.00. The molecule has 0 bridgehead atoms. The van der Waals surface area contributed by atoms with Gasteiger partial charge >= 0.3 is 0 Å². The van der Waals surface area contributed by atoms with Crippen LogP contribution in [0.3, 0.4) is 0 Å². The molecular formula is C32H39N5O6S. The van der Waals surface area contributed by atoms with Crippen LogP contribution in [0.1, 0.15) is 43.2 Å². The van der Waals surface area contributed by atoms with Gasteiger partial charge in [0.2, 0.25) is 15.9 Å². The fraction of sp³-hybridized carbons (Fsp3) is 0.406. The molecule has 5 N–H and O–H groups in total. The minimum atomic E-state index is -4.07. The van der Waals surface area contributed by atoms with Gasteiger partial charge in [-0.05, 0) is 66.4 Å². The monoisotopic (exact) mass is 621 g/mol. The fourth-order valence-electron chi connectivity index (χ4n) is 6.01. The van der Waals surface area contributed by atoms with E-state index < -0.39 is 28.0 Å². The minimum Gasteiger partial charge on any atom is -0.493 e. The maximum absolute atomic E-state index is 13.9. The molecule has 3 aromatic rings. The lowest BCUT2D eigenvalue weighted by Gasteiger charge is -2.30. The first-order chi connectivity index (χ1) is 21.1. The number of nitrogen functional groups attached to an aromatic ring is 1. The zero-order valence-electron chi connectivity index (χ0n) is 25.0. The average Bonchev–Trinajstić information content (AvgIpc) is 3.20. The highest BCUT2D eigenvalue weighted by Crippen LogP contribution is 2.33. The quantitative estimate of drug-likeness (QED) is 0.188. The number of hydrogen-bond donors (Lipinski definition) is 4. The highest BCUT2D eigenvalue weighted by atomic mass is 32.2. The van der Waals surface area contributed by atoms with Crippen LogP contribution in [0.15, 0.2) is 59.5 Å². The van der Waals surface area contributed by atoms with Gasteiger partial charge in [-0.1, -0.05) is 43.2 Å². The molecule has 3 unspecified atom stereocenters. The van der Waals surface area contributed by atoms with E-state index >= 15 is 0 Å². The van der Waals surface area contributed by atoms with Gasteiger partial charge in [-0.25, -0.2) is 8.42 Å². The third-order valence-electron chi connectivity index (χ3n) is 8.46. The number of ether oxygens (including phenoxy) is 2. The van der Waals surface area contributed by atoms with Crippen LogP contribution >= 0.6 is 0 Å². The van der Waals surface area contributed by atoms with Crippen molar-refractivity contribution in [3.63, 3.8) is 0 Å². The molecule has 12 heteroatoms. The van der Waals surface area contributed by atoms with Crippen LogP contribution in [0, 0.1) is 5.41 Å². The summed E-state index contributed by atoms with van der Waals surface area (Å²) in [6, 6.07) is 13.1. The predicted molar refractivity (Wildman–Crippen MR) is 168 cm³/mol. The largest absolute Gasteiger partial charge is 0.493 e. The Balaban J connectivity index is 1.37. The Morgan fingerprint density at radius 2 is 1.73 bits per heavy atom. The van der Waals surface area contributed by atoms with Gasteiger partial charge in [0.15, 0.2) is 17.3 Å². The molecule has 2 aliphatic heterocycles. The molecule has 0 spiro atoms. The van der Waals surface area contributed by atoms with Gasteiger partial charge in [0.1, 0.15) is 11.9 Å². The van der Waals surface area contributed by atoms with E-state index in [1.807, 2.05) is 12.1 Å². The molecular weight excluding hydrogens is 582 g/mol. The number of carbonyl (C=O) groups excluding carboxylic acids is 2. The SMILES string of the molecule is COc1cc2ccc(S(=O)(=O)NC3CCN(C(Cc4ccc(C(=N)N)cc4)C(=O)C4CCCCCN4)C3=O)cc2cc1OC. The van der Waals surface area contributed by atoms with Crippen molar-refractivity contribution in [1.29, 1.82) is 5.41 Å². The number of hydrogen-bond acceptors (Lipinski definition) is 8. The predicted octanol–water partition coefficient (Wildman–Crippen LogP) is 2.73. The zero-order chi connectivity index (χ0) is 31.4. The fourth-order valence-corrected chi connectivity index (χ4v) is 7.27. The summed E-state index contributed by atoms with van der Waals surface area (Å²) in [6.45, 7) is 0.979. The number of likely N-dealkylation sites (tertiary alicyclic amines) is 1. The molecule has 11 nitrogen and oxygen atoms in total. The van der Waals surface area contributed by atoms with E-state index in [0.717, 1.165) is 36.8 Å². The molecule has 3 aromatic carbocycles. The van der Waals surface area contributed by atoms with Crippen LogP contribution in [0.4, 0.5) is 0 Å². The van der Waals surface area contributed by atoms with E-state index in [2.05, 4.69) is 10.0 Å². The summed E-state index contributed by atoms with van der Waals surface area (Å²) in [5.74, 6) is 0.454. The number of sulfonamides is 1. The number of amidine groups is 1. The number of carbonyl (C=O) groups is 2. The molecule has 5 rings (SSSR count). The smallest absolute Gasteiger partial charge is 0.241 e. The summed E-state index contributed by atoms with van der Waals surface area (Å²) in [5, 5.41) is 12.4. The van der Waals surface area contributed by atoms with Crippen LogP contribution in [0.2, 0.25) is 0 Å². The topological polar surface area (TPSA) is 164 Å². The van der Waals surface area contributed by atoms with Crippen molar-refractivity contribution in [2.24, 2.45) is 5.73 Å². The van der Waals surface area contributed by atoms with Gasteiger partial charge in [-0.15, -0.1) is 0 Å². The number of ketones is 1. The first-order valence-corrected chi connectivity index (χ1v) is 16.3. The lowest BCUT2D eigenvalue weighted by molar-refractivity contribution is -0.138. The van der Waals surface area contributed by atoms with Gasteiger partial charge in [-0.2, -0.15) is 4.72 Å². The Kier molecular flexibility index (Phi) is 9.52. The summed E-state index contributed by atoms with van der Waals surface area (Å²) < 4.78 is 40.3. The summed E-state index contributed by atoms with van der Waals surface area (Å²) in [6.07, 6.45) is 4.15. The van der Waals surface area contributed by atoms with Crippen LogP contribution in [-0.4, -0.2) is 76.3 Å². The second-order valence-electron chi connectivity index (χ2n) is 11.3. The second kappa shape index (κ2) is 13.3. The molecule has 0 saturated carbocycles. The molecule has 2 fully saturated rings. The lowest BCUT2D eigenvalue weighted by atomic mass is 9.94. The average molecular weight is 622 g/mol. The molecule has 2 aliphatic rings.